The van der Waals surface area contributed by atoms with Crippen molar-refractivity contribution in [3.63, 3.8) is 0 Å². The molecule has 6 N–H and O–H groups in total. The average molecular weight is 501 g/mol. The number of aliphatic imine (C=N–C) groups is 1. The predicted octanol–water partition coefficient (Wildman–Crippen LogP) is 2.40. The molecule has 12 nitrogen and oxygen atoms in total. The van der Waals surface area contributed by atoms with Gasteiger partial charge in [0.1, 0.15) is 5.69 Å². The van der Waals surface area contributed by atoms with Crippen LogP contribution in [0, 0.1) is 0 Å². The highest BCUT2D eigenvalue weighted by molar-refractivity contribution is 5.94. The van der Waals surface area contributed by atoms with Crippen LogP contribution >= 0.6 is 0 Å². The number of rotatable bonds is 7. The van der Waals surface area contributed by atoms with Gasteiger partial charge in [-0.2, -0.15) is 0 Å². The van der Waals surface area contributed by atoms with Gasteiger partial charge in [-0.3, -0.25) is 4.79 Å². The Bertz CT molecular complexity index is 1460. The van der Waals surface area contributed by atoms with Gasteiger partial charge in [-0.15, -0.1) is 0 Å². The molecule has 0 saturated heterocycles. The van der Waals surface area contributed by atoms with Crippen molar-refractivity contribution in [2.24, 2.45) is 22.2 Å². The van der Waals surface area contributed by atoms with E-state index in [-0.39, 0.29) is 29.2 Å². The van der Waals surface area contributed by atoms with Gasteiger partial charge >= 0.3 is 6.09 Å². The lowest BCUT2D eigenvalue weighted by atomic mass is 10.1. The molecule has 0 bridgehead atoms. The van der Waals surface area contributed by atoms with E-state index in [1.165, 1.54) is 11.1 Å². The summed E-state index contributed by atoms with van der Waals surface area (Å²) >= 11 is 0. The minimum absolute atomic E-state index is 0.0144. The van der Waals surface area contributed by atoms with Gasteiger partial charge in [0, 0.05) is 36.9 Å². The smallest absolute Gasteiger partial charge is 0.389 e. The summed E-state index contributed by atoms with van der Waals surface area (Å²) in [5.41, 5.74) is 20.0. The molecule has 2 aromatic heterocycles. The van der Waals surface area contributed by atoms with Crippen LogP contribution in [0.1, 0.15) is 15.9 Å². The number of hydrogen-bond acceptors (Lipinski definition) is 8. The summed E-state index contributed by atoms with van der Waals surface area (Å²) in [6, 6.07) is 15.9. The zero-order chi connectivity index (χ0) is 26.5. The van der Waals surface area contributed by atoms with Crippen molar-refractivity contribution in [1.29, 1.82) is 0 Å². The minimum atomic E-state index is -1.05. The minimum Gasteiger partial charge on any atom is -0.389 e. The normalized spacial score (nSPS) is 10.5. The van der Waals surface area contributed by atoms with Crippen LogP contribution in [0.5, 0.6) is 5.88 Å². The van der Waals surface area contributed by atoms with Crippen LogP contribution in [-0.4, -0.2) is 52.1 Å². The van der Waals surface area contributed by atoms with E-state index in [4.69, 9.17) is 26.5 Å². The maximum absolute atomic E-state index is 12.2. The molecular formula is C25H24N8O4. The summed E-state index contributed by atoms with van der Waals surface area (Å²) in [5.74, 6) is -0.0296. The number of benzene rings is 2. The maximum atomic E-state index is 12.2. The monoisotopic (exact) mass is 500 g/mol. The van der Waals surface area contributed by atoms with Crippen LogP contribution in [-0.2, 0) is 6.54 Å². The standard InChI is InChI=1S/C25H24N8O4/c1-33(2)23(34)17-9-7-16(8-10-17)19-13-29-22(36-25(28)35)21(31-19)20-11-18(32-37-20)15-5-3-14(4-6-15)12-30-24(26)27/h3-11,13H,12H2,1-2H3,(H2,28,35)(H4,26,27,30). The van der Waals surface area contributed by atoms with E-state index in [0.717, 1.165) is 11.1 Å². The second kappa shape index (κ2) is 10.6. The Kier molecular flexibility index (Phi) is 7.09. The number of guanidine groups is 1. The van der Waals surface area contributed by atoms with E-state index < -0.39 is 6.09 Å². The van der Waals surface area contributed by atoms with Gasteiger partial charge in [0.25, 0.3) is 11.8 Å². The summed E-state index contributed by atoms with van der Waals surface area (Å²) in [6.07, 6.45) is 0.378. The van der Waals surface area contributed by atoms with Crippen molar-refractivity contribution in [3.8, 4) is 39.8 Å². The van der Waals surface area contributed by atoms with E-state index in [1.54, 1.807) is 44.4 Å². The molecule has 4 rings (SSSR count). The number of amides is 2. The molecule has 0 fully saturated rings. The summed E-state index contributed by atoms with van der Waals surface area (Å²) in [4.78, 5) is 37.9. The molecule has 0 saturated carbocycles. The Morgan fingerprint density at radius 1 is 0.973 bits per heavy atom. The van der Waals surface area contributed by atoms with Gasteiger partial charge in [-0.25, -0.2) is 19.8 Å². The third kappa shape index (κ3) is 5.88. The quantitative estimate of drug-likeness (QED) is 0.253. The first kappa shape index (κ1) is 24.9. The van der Waals surface area contributed by atoms with Gasteiger partial charge in [0.2, 0.25) is 0 Å². The van der Waals surface area contributed by atoms with Gasteiger partial charge < -0.3 is 31.4 Å². The molecule has 4 aromatic rings. The lowest BCUT2D eigenvalue weighted by Crippen LogP contribution is -2.22. The molecule has 0 radical (unpaired) electrons. The molecule has 0 aliphatic heterocycles. The van der Waals surface area contributed by atoms with Crippen molar-refractivity contribution in [2.75, 3.05) is 14.1 Å². The first-order valence-electron chi connectivity index (χ1n) is 11.0. The van der Waals surface area contributed by atoms with Gasteiger partial charge in [0.15, 0.2) is 17.4 Å². The van der Waals surface area contributed by atoms with E-state index in [2.05, 4.69) is 20.1 Å². The first-order chi connectivity index (χ1) is 17.7. The number of hydrogen-bond donors (Lipinski definition) is 3. The summed E-state index contributed by atoms with van der Waals surface area (Å²) < 4.78 is 10.6. The molecule has 0 spiro atoms. The molecule has 0 unspecified atom stereocenters. The van der Waals surface area contributed by atoms with E-state index >= 15 is 0 Å². The van der Waals surface area contributed by atoms with Crippen LogP contribution < -0.4 is 21.9 Å². The third-order valence-electron chi connectivity index (χ3n) is 5.21. The number of aromatic nitrogens is 3. The zero-order valence-corrected chi connectivity index (χ0v) is 20.1. The summed E-state index contributed by atoms with van der Waals surface area (Å²) in [5, 5.41) is 4.11. The Balaban J connectivity index is 1.66. The van der Waals surface area contributed by atoms with Crippen LogP contribution in [0.15, 0.2) is 70.3 Å². The van der Waals surface area contributed by atoms with Crippen molar-refractivity contribution >= 4 is 18.0 Å². The fourth-order valence-corrected chi connectivity index (χ4v) is 3.38. The number of ether oxygens (including phenoxy) is 1. The second-order valence-electron chi connectivity index (χ2n) is 8.12. The number of primary amides is 1. The van der Waals surface area contributed by atoms with Gasteiger partial charge in [-0.05, 0) is 17.7 Å². The molecule has 0 aliphatic rings. The van der Waals surface area contributed by atoms with Crippen LogP contribution in [0.25, 0.3) is 34.0 Å². The highest BCUT2D eigenvalue weighted by atomic mass is 16.6. The number of carbonyl (C=O) groups excluding carboxylic acids is 2. The van der Waals surface area contributed by atoms with Crippen molar-refractivity contribution in [3.05, 3.63) is 71.9 Å². The molecule has 188 valence electrons. The third-order valence-corrected chi connectivity index (χ3v) is 5.21. The van der Waals surface area contributed by atoms with Gasteiger partial charge in [0.05, 0.1) is 18.4 Å². The fraction of sp³-hybridized carbons (Fsp3) is 0.120. The highest BCUT2D eigenvalue weighted by Crippen LogP contribution is 2.32. The Labute approximate surface area is 211 Å². The SMILES string of the molecule is CN(C)C(=O)c1ccc(-c2cnc(OC(N)=O)c(-c3cc(-c4ccc(CN=C(N)N)cc4)no3)n2)cc1. The van der Waals surface area contributed by atoms with Crippen molar-refractivity contribution < 1.29 is 18.8 Å². The van der Waals surface area contributed by atoms with Crippen molar-refractivity contribution in [1.82, 2.24) is 20.0 Å². The van der Waals surface area contributed by atoms with E-state index in [9.17, 15) is 9.59 Å². The molecule has 37 heavy (non-hydrogen) atoms. The van der Waals surface area contributed by atoms with Gasteiger partial charge in [-0.1, -0.05) is 41.6 Å². The van der Waals surface area contributed by atoms with Crippen LogP contribution in [0.2, 0.25) is 0 Å². The fourth-order valence-electron chi connectivity index (χ4n) is 3.38. The van der Waals surface area contributed by atoms with Crippen LogP contribution in [0.3, 0.4) is 0 Å². The Morgan fingerprint density at radius 3 is 2.24 bits per heavy atom. The van der Waals surface area contributed by atoms with Crippen molar-refractivity contribution in [2.45, 2.75) is 6.54 Å². The number of nitrogens with zero attached hydrogens (tertiary/aromatic N) is 5. The molecule has 2 amide bonds. The largest absolute Gasteiger partial charge is 0.411 e. The van der Waals surface area contributed by atoms with Crippen LogP contribution in [0.4, 0.5) is 4.79 Å². The number of nitrogens with two attached hydrogens (primary N) is 3. The molecular weight excluding hydrogens is 476 g/mol. The summed E-state index contributed by atoms with van der Waals surface area (Å²) in [7, 11) is 3.36. The summed E-state index contributed by atoms with van der Waals surface area (Å²) in [6.45, 7) is 0.354. The molecule has 2 aromatic carbocycles. The molecule has 0 atom stereocenters. The zero-order valence-electron chi connectivity index (χ0n) is 20.1. The Morgan fingerprint density at radius 2 is 1.62 bits per heavy atom. The molecule has 12 heteroatoms. The Hall–Kier alpha value is -5.26. The van der Waals surface area contributed by atoms with E-state index in [0.29, 0.717) is 29.1 Å². The predicted molar refractivity (Wildman–Crippen MR) is 136 cm³/mol. The van der Waals surface area contributed by atoms with E-state index in [1.807, 2.05) is 24.3 Å². The lowest BCUT2D eigenvalue weighted by Gasteiger charge is -2.11. The second-order valence-corrected chi connectivity index (χ2v) is 8.12. The first-order valence-corrected chi connectivity index (χ1v) is 11.0. The maximum Gasteiger partial charge on any atom is 0.411 e. The average Bonchev–Trinajstić information content (AvgIpc) is 3.37. The molecule has 2 heterocycles. The lowest BCUT2D eigenvalue weighted by molar-refractivity contribution is 0.0827. The number of carbonyl (C=O) groups is 2. The molecule has 0 aliphatic carbocycles. The highest BCUT2D eigenvalue weighted by Gasteiger charge is 2.20. The topological polar surface area (TPSA) is 189 Å².